The monoisotopic (exact) mass is 243 g/mol. The molecule has 0 amide bonds. The van der Waals surface area contributed by atoms with E-state index in [-0.39, 0.29) is 18.5 Å². The van der Waals surface area contributed by atoms with Crippen molar-refractivity contribution in [3.05, 3.63) is 29.6 Å². The van der Waals surface area contributed by atoms with E-state index in [0.717, 1.165) is 12.0 Å². The van der Waals surface area contributed by atoms with Crippen LogP contribution in [0.4, 0.5) is 8.78 Å². The van der Waals surface area contributed by atoms with Crippen molar-refractivity contribution in [2.45, 2.75) is 32.2 Å². The molecule has 1 aromatic rings. The van der Waals surface area contributed by atoms with Gasteiger partial charge in [0.05, 0.1) is 13.3 Å². The summed E-state index contributed by atoms with van der Waals surface area (Å²) in [5.74, 6) is 0.0952. The molecule has 4 heteroatoms. The molecule has 96 valence electrons. The summed E-state index contributed by atoms with van der Waals surface area (Å²) in [6.45, 7) is 1.82. The molecule has 17 heavy (non-hydrogen) atoms. The first-order valence-electron chi connectivity index (χ1n) is 5.89. The van der Waals surface area contributed by atoms with Crippen molar-refractivity contribution in [2.24, 2.45) is 5.73 Å². The summed E-state index contributed by atoms with van der Waals surface area (Å²) in [5.41, 5.74) is 6.63. The third-order valence-corrected chi connectivity index (χ3v) is 2.50. The predicted octanol–water partition coefficient (Wildman–Crippen LogP) is 2.84. The average molecular weight is 243 g/mol. The number of benzene rings is 1. The van der Waals surface area contributed by atoms with Gasteiger partial charge >= 0.3 is 0 Å². The second-order valence-electron chi connectivity index (χ2n) is 4.06. The maximum Gasteiger partial charge on any atom is 0.127 e. The maximum atomic E-state index is 13.3. The molecule has 1 aromatic carbocycles. The number of halogens is 2. The second-order valence-corrected chi connectivity index (χ2v) is 4.06. The summed E-state index contributed by atoms with van der Waals surface area (Å²) < 4.78 is 30.5. The van der Waals surface area contributed by atoms with Crippen LogP contribution in [0.1, 0.15) is 25.3 Å². The molecule has 0 aliphatic heterocycles. The highest BCUT2D eigenvalue weighted by Gasteiger charge is 2.06. The fourth-order valence-corrected chi connectivity index (χ4v) is 1.51. The Bertz CT molecular complexity index is 344. The molecule has 0 aromatic heterocycles. The highest BCUT2D eigenvalue weighted by atomic mass is 19.1. The van der Waals surface area contributed by atoms with Gasteiger partial charge in [0.1, 0.15) is 11.6 Å². The number of rotatable bonds is 7. The van der Waals surface area contributed by atoms with Crippen molar-refractivity contribution in [2.75, 3.05) is 13.3 Å². The minimum Gasteiger partial charge on any atom is -0.493 e. The van der Waals surface area contributed by atoms with Crippen LogP contribution in [-0.2, 0) is 6.42 Å². The van der Waals surface area contributed by atoms with Gasteiger partial charge in [-0.1, -0.05) is 6.92 Å². The van der Waals surface area contributed by atoms with Gasteiger partial charge < -0.3 is 10.5 Å². The van der Waals surface area contributed by atoms with Crippen LogP contribution in [0.5, 0.6) is 5.75 Å². The smallest absolute Gasteiger partial charge is 0.127 e. The van der Waals surface area contributed by atoms with Crippen LogP contribution in [0, 0.1) is 5.82 Å². The summed E-state index contributed by atoms with van der Waals surface area (Å²) in [7, 11) is 0. The Morgan fingerprint density at radius 2 is 2.12 bits per heavy atom. The molecule has 1 atom stereocenters. The lowest BCUT2D eigenvalue weighted by molar-refractivity contribution is 0.288. The van der Waals surface area contributed by atoms with Crippen molar-refractivity contribution < 1.29 is 13.5 Å². The second kappa shape index (κ2) is 7.22. The highest BCUT2D eigenvalue weighted by molar-refractivity contribution is 5.30. The zero-order valence-corrected chi connectivity index (χ0v) is 10.1. The summed E-state index contributed by atoms with van der Waals surface area (Å²) in [4.78, 5) is 0. The Labute approximate surface area is 101 Å². The molecule has 0 bridgehead atoms. The number of hydrogen-bond donors (Lipinski definition) is 1. The molecule has 0 heterocycles. The van der Waals surface area contributed by atoms with E-state index in [1.807, 2.05) is 6.92 Å². The van der Waals surface area contributed by atoms with Crippen LogP contribution in [0.25, 0.3) is 0 Å². The molecule has 0 aliphatic carbocycles. The molecule has 0 spiro atoms. The number of nitrogens with two attached hydrogens (primary N) is 1. The Morgan fingerprint density at radius 1 is 1.35 bits per heavy atom. The van der Waals surface area contributed by atoms with E-state index >= 15 is 0 Å². The molecular weight excluding hydrogens is 224 g/mol. The minimum atomic E-state index is -0.428. The van der Waals surface area contributed by atoms with Gasteiger partial charge in [0.2, 0.25) is 0 Å². The van der Waals surface area contributed by atoms with E-state index in [1.54, 1.807) is 6.07 Å². The first-order valence-corrected chi connectivity index (χ1v) is 5.89. The van der Waals surface area contributed by atoms with Gasteiger partial charge in [-0.15, -0.1) is 0 Å². The van der Waals surface area contributed by atoms with Crippen molar-refractivity contribution in [3.8, 4) is 5.75 Å². The van der Waals surface area contributed by atoms with Gasteiger partial charge in [-0.2, -0.15) is 0 Å². The van der Waals surface area contributed by atoms with Gasteiger partial charge in [-0.25, -0.2) is 4.39 Å². The van der Waals surface area contributed by atoms with Gasteiger partial charge in [-0.05, 0) is 30.5 Å². The lowest BCUT2D eigenvalue weighted by Gasteiger charge is -2.11. The molecular formula is C13H19F2NO. The van der Waals surface area contributed by atoms with E-state index in [4.69, 9.17) is 10.5 Å². The van der Waals surface area contributed by atoms with E-state index in [0.29, 0.717) is 18.6 Å². The van der Waals surface area contributed by atoms with Crippen LogP contribution < -0.4 is 10.5 Å². The van der Waals surface area contributed by atoms with Gasteiger partial charge in [0.15, 0.2) is 0 Å². The normalized spacial score (nSPS) is 12.5. The summed E-state index contributed by atoms with van der Waals surface area (Å²) >= 11 is 0. The van der Waals surface area contributed by atoms with Gasteiger partial charge in [0, 0.05) is 18.5 Å². The third kappa shape index (κ3) is 5.13. The molecule has 0 saturated heterocycles. The Kier molecular flexibility index (Phi) is 5.91. The van der Waals surface area contributed by atoms with E-state index in [9.17, 15) is 8.78 Å². The summed E-state index contributed by atoms with van der Waals surface area (Å²) in [5, 5.41) is 0. The fourth-order valence-electron chi connectivity index (χ4n) is 1.51. The van der Waals surface area contributed by atoms with Gasteiger partial charge in [0.25, 0.3) is 0 Å². The standard InChI is InChI=1S/C13H19F2NO/c1-2-12(16)7-10-6-11(15)9-13(8-10)17-5-3-4-14/h6,8-9,12H,2-5,7,16H2,1H3. The number of ether oxygens (including phenoxy) is 1. The largest absolute Gasteiger partial charge is 0.493 e. The minimum absolute atomic E-state index is 0.0236. The van der Waals surface area contributed by atoms with Crippen LogP contribution in [-0.4, -0.2) is 19.3 Å². The third-order valence-electron chi connectivity index (χ3n) is 2.50. The Balaban J connectivity index is 2.65. The molecule has 2 N–H and O–H groups in total. The summed E-state index contributed by atoms with van der Waals surface area (Å²) in [6.07, 6.45) is 1.78. The Hall–Kier alpha value is -1.16. The molecule has 0 radical (unpaired) electrons. The van der Waals surface area contributed by atoms with Crippen LogP contribution in [0.2, 0.25) is 0 Å². The molecule has 0 aliphatic rings. The molecule has 0 saturated carbocycles. The van der Waals surface area contributed by atoms with Crippen molar-refractivity contribution in [3.63, 3.8) is 0 Å². The highest BCUT2D eigenvalue weighted by Crippen LogP contribution is 2.18. The fraction of sp³-hybridized carbons (Fsp3) is 0.538. The SMILES string of the molecule is CCC(N)Cc1cc(F)cc(OCCCF)c1. The quantitative estimate of drug-likeness (QED) is 0.747. The zero-order chi connectivity index (χ0) is 12.7. The van der Waals surface area contributed by atoms with Gasteiger partial charge in [-0.3, -0.25) is 4.39 Å². The molecule has 1 unspecified atom stereocenters. The topological polar surface area (TPSA) is 35.2 Å². The lowest BCUT2D eigenvalue weighted by Crippen LogP contribution is -2.21. The summed E-state index contributed by atoms with van der Waals surface area (Å²) in [6, 6.07) is 4.54. The zero-order valence-electron chi connectivity index (χ0n) is 10.1. The Morgan fingerprint density at radius 3 is 2.76 bits per heavy atom. The van der Waals surface area contributed by atoms with E-state index in [1.165, 1.54) is 12.1 Å². The van der Waals surface area contributed by atoms with Crippen molar-refractivity contribution in [1.82, 2.24) is 0 Å². The average Bonchev–Trinajstić information content (AvgIpc) is 2.28. The maximum absolute atomic E-state index is 13.3. The van der Waals surface area contributed by atoms with Crippen LogP contribution in [0.3, 0.4) is 0 Å². The van der Waals surface area contributed by atoms with Crippen molar-refractivity contribution in [1.29, 1.82) is 0 Å². The molecule has 1 rings (SSSR count). The van der Waals surface area contributed by atoms with Crippen LogP contribution >= 0.6 is 0 Å². The first-order chi connectivity index (χ1) is 8.15. The van der Waals surface area contributed by atoms with E-state index < -0.39 is 6.67 Å². The number of hydrogen-bond acceptors (Lipinski definition) is 2. The van der Waals surface area contributed by atoms with E-state index in [2.05, 4.69) is 0 Å². The lowest BCUT2D eigenvalue weighted by atomic mass is 10.0. The first kappa shape index (κ1) is 13.9. The molecule has 0 fully saturated rings. The molecule has 2 nitrogen and oxygen atoms in total. The van der Waals surface area contributed by atoms with Crippen LogP contribution in [0.15, 0.2) is 18.2 Å². The van der Waals surface area contributed by atoms with Crippen molar-refractivity contribution >= 4 is 0 Å². The predicted molar refractivity (Wildman–Crippen MR) is 64.5 cm³/mol. The number of alkyl halides is 1.